The van der Waals surface area contributed by atoms with E-state index in [1.54, 1.807) is 13.8 Å². The minimum atomic E-state index is -0.916. The Hall–Kier alpha value is -2.96. The number of ether oxygens (including phenoxy) is 1. The number of rotatable bonds is 2. The van der Waals surface area contributed by atoms with Gasteiger partial charge < -0.3 is 15.0 Å². The van der Waals surface area contributed by atoms with Gasteiger partial charge in [-0.25, -0.2) is 4.79 Å². The second kappa shape index (κ2) is 11.4. The highest BCUT2D eigenvalue weighted by Crippen LogP contribution is 2.23. The number of amides is 2. The molecule has 184 valence electrons. The van der Waals surface area contributed by atoms with Crippen LogP contribution >= 0.6 is 0 Å². The van der Waals surface area contributed by atoms with E-state index >= 15 is 0 Å². The van der Waals surface area contributed by atoms with Gasteiger partial charge >= 0.3 is 5.97 Å². The first-order valence-corrected chi connectivity index (χ1v) is 12.2. The lowest BCUT2D eigenvalue weighted by Gasteiger charge is -2.30. The lowest BCUT2D eigenvalue weighted by Crippen LogP contribution is -2.54. The van der Waals surface area contributed by atoms with E-state index in [9.17, 15) is 19.2 Å². The fraction of sp³-hybridized carbons (Fsp3) is 0.556. The summed E-state index contributed by atoms with van der Waals surface area (Å²) >= 11 is 0. The molecule has 0 aromatic heterocycles. The molecule has 0 spiro atoms. The van der Waals surface area contributed by atoms with Crippen LogP contribution in [0.15, 0.2) is 42.0 Å². The minimum Gasteiger partial charge on any atom is -0.461 e. The van der Waals surface area contributed by atoms with Crippen LogP contribution in [0.3, 0.4) is 0 Å². The number of cyclic esters (lactones) is 1. The van der Waals surface area contributed by atoms with E-state index in [1.807, 2.05) is 50.3 Å². The molecule has 1 aromatic carbocycles. The SMILES string of the molecule is C/C1=[13CH]\[C@H](C)[13CH2]C[13C@@H](C)O[13C](=O)[C@@H]2CC[13CH2]N2C(=O)[C@H](Cc2ccccc2)N[13C](=O)[C@@H](C)[13C]1=O. The largest absolute Gasteiger partial charge is 0.461 e. The first-order chi connectivity index (χ1) is 16.2. The maximum absolute atomic E-state index is 13.6. The highest BCUT2D eigenvalue weighted by molar-refractivity contribution is 6.09. The van der Waals surface area contributed by atoms with Crippen LogP contribution in [-0.2, 0) is 30.3 Å². The summed E-state index contributed by atoms with van der Waals surface area (Å²) in [6.45, 7) is 7.59. The van der Waals surface area contributed by atoms with E-state index < -0.39 is 29.9 Å². The highest BCUT2D eigenvalue weighted by atomic mass is 16.7. The van der Waals surface area contributed by atoms with Crippen LogP contribution in [0.25, 0.3) is 0 Å². The Balaban J connectivity index is 1.93. The van der Waals surface area contributed by atoms with Gasteiger partial charge in [0.15, 0.2) is 5.78 Å². The fourth-order valence-electron chi connectivity index (χ4n) is 4.71. The maximum atomic E-state index is 13.6. The number of nitrogens with zero attached hydrogens (tertiary/aromatic N) is 1. The van der Waals surface area contributed by atoms with Crippen LogP contribution in [0.2, 0.25) is 0 Å². The van der Waals surface area contributed by atoms with Crippen molar-refractivity contribution in [2.45, 2.75) is 78.0 Å². The third-order valence-electron chi connectivity index (χ3n) is 6.76. The molecule has 0 aliphatic carbocycles. The number of hydrogen-bond acceptors (Lipinski definition) is 5. The van der Waals surface area contributed by atoms with Crippen LogP contribution in [-0.4, -0.2) is 53.2 Å². The standard InChI is InChI=1S/C27H36N2O5/c1-17-12-13-19(3)34-27(33)23-11-8-14-29(23)26(32)22(16-21-9-6-5-7-10-21)28-25(31)20(4)24(30)18(2)15-17/h5-7,9-10,15,17,19-20,22-23H,8,11-14,16H2,1-4H3,(H,28,31)/b18-15+/t17-,19-,20+,22+,23+/m1/s1/i12+1,14+1,15+1,19+1,24+1,25+1,27+1. The predicted molar refractivity (Wildman–Crippen MR) is 129 cm³/mol. The number of carbonyl (C=O) groups excluding carboxylic acids is 4. The molecule has 1 fully saturated rings. The molecule has 1 N–H and O–H groups in total. The van der Waals surface area contributed by atoms with Crippen LogP contribution in [0.4, 0.5) is 0 Å². The van der Waals surface area contributed by atoms with Gasteiger partial charge in [-0.05, 0) is 63.5 Å². The molecule has 34 heavy (non-hydrogen) atoms. The van der Waals surface area contributed by atoms with Gasteiger partial charge in [0.25, 0.3) is 0 Å². The van der Waals surface area contributed by atoms with E-state index in [2.05, 4.69) is 5.32 Å². The molecule has 7 nitrogen and oxygen atoms in total. The number of carbonyl (C=O) groups is 4. The molecule has 0 unspecified atom stereocenters. The normalized spacial score (nSPS) is 31.4. The summed E-state index contributed by atoms with van der Waals surface area (Å²) in [7, 11) is 0. The van der Waals surface area contributed by atoms with Crippen molar-refractivity contribution in [3.8, 4) is 0 Å². The van der Waals surface area contributed by atoms with Crippen molar-refractivity contribution >= 4 is 23.6 Å². The van der Waals surface area contributed by atoms with E-state index in [-0.39, 0.29) is 30.1 Å². The molecule has 2 amide bonds. The first-order valence-electron chi connectivity index (χ1n) is 12.2. The molecule has 2 heterocycles. The number of Topliss-reactive ketones (excluding diaryl/α,β-unsaturated/α-hetero) is 1. The zero-order chi connectivity index (χ0) is 24.8. The summed E-state index contributed by atoms with van der Waals surface area (Å²) in [6.07, 6.45) is 4.48. The molecule has 0 bridgehead atoms. The van der Waals surface area contributed by atoms with Gasteiger partial charge in [0.2, 0.25) is 11.8 Å². The second-order valence-electron chi connectivity index (χ2n) is 9.68. The Labute approximate surface area is 201 Å². The van der Waals surface area contributed by atoms with Gasteiger partial charge in [0.05, 0.1) is 12.0 Å². The molecule has 5 atom stereocenters. The van der Waals surface area contributed by atoms with Gasteiger partial charge in [0.1, 0.15) is 12.1 Å². The van der Waals surface area contributed by atoms with Crippen molar-refractivity contribution in [1.82, 2.24) is 10.2 Å². The summed E-state index contributed by atoms with van der Waals surface area (Å²) in [5, 5.41) is 2.81. The topological polar surface area (TPSA) is 92.8 Å². The van der Waals surface area contributed by atoms with Crippen molar-refractivity contribution in [2.24, 2.45) is 11.8 Å². The van der Waals surface area contributed by atoms with Gasteiger partial charge in [0, 0.05) is 13.0 Å². The predicted octanol–water partition coefficient (Wildman–Crippen LogP) is 3.22. The Kier molecular flexibility index (Phi) is 8.64. The molecular weight excluding hydrogens is 439 g/mol. The number of fused-ring (bicyclic) bond motifs is 1. The Morgan fingerprint density at radius 2 is 1.71 bits per heavy atom. The van der Waals surface area contributed by atoms with Crippen molar-refractivity contribution < 1.29 is 23.9 Å². The molecule has 0 saturated carbocycles. The average Bonchev–Trinajstić information content (AvgIpc) is 3.31. The van der Waals surface area contributed by atoms with Crippen LogP contribution in [0.1, 0.15) is 58.9 Å². The number of nitrogens with one attached hydrogen (secondary N) is 1. The van der Waals surface area contributed by atoms with Crippen molar-refractivity contribution in [2.75, 3.05) is 6.54 Å². The lowest BCUT2D eigenvalue weighted by atomic mass is 10.1. The van der Waals surface area contributed by atoms with Crippen LogP contribution < -0.4 is 5.32 Å². The molecule has 7 heteroatoms. The van der Waals surface area contributed by atoms with Crippen LogP contribution in [0.5, 0.6) is 0 Å². The van der Waals surface area contributed by atoms with E-state index in [0.29, 0.717) is 31.4 Å². The zero-order valence-electron chi connectivity index (χ0n) is 20.6. The number of ketones is 1. The van der Waals surface area contributed by atoms with Gasteiger partial charge in [-0.15, -0.1) is 0 Å². The number of esters is 1. The highest BCUT2D eigenvalue weighted by Gasteiger charge is 2.39. The third-order valence-corrected chi connectivity index (χ3v) is 6.76. The number of hydrogen-bond donors (Lipinski definition) is 1. The summed E-state index contributed by atoms with van der Waals surface area (Å²) in [4.78, 5) is 54.1. The Bertz CT molecular complexity index is 942. The summed E-state index contributed by atoms with van der Waals surface area (Å²) in [5.74, 6) is -2.26. The summed E-state index contributed by atoms with van der Waals surface area (Å²) in [5.41, 5.74) is 1.41. The van der Waals surface area contributed by atoms with Crippen molar-refractivity contribution in [3.05, 3.63) is 47.5 Å². The molecular formula is C27H36N2O5. The summed E-state index contributed by atoms with van der Waals surface area (Å²) in [6, 6.07) is 7.86. The first kappa shape index (κ1) is 25.7. The van der Waals surface area contributed by atoms with E-state index in [1.165, 1.54) is 4.90 Å². The van der Waals surface area contributed by atoms with E-state index in [0.717, 1.165) is 12.0 Å². The lowest BCUT2D eigenvalue weighted by molar-refractivity contribution is -0.158. The van der Waals surface area contributed by atoms with Crippen LogP contribution in [0, 0.1) is 11.8 Å². The van der Waals surface area contributed by atoms with Gasteiger partial charge in [-0.1, -0.05) is 43.3 Å². The molecule has 3 rings (SSSR count). The van der Waals surface area contributed by atoms with Gasteiger partial charge in [-0.3, -0.25) is 14.4 Å². The molecule has 1 saturated heterocycles. The number of allylic oxidation sites excluding steroid dienone is 2. The number of benzene rings is 1. The molecule has 2 aliphatic heterocycles. The minimum absolute atomic E-state index is 0.101. The quantitative estimate of drug-likeness (QED) is 0.403. The summed E-state index contributed by atoms with van der Waals surface area (Å²) < 4.78 is 5.69. The Morgan fingerprint density at radius 1 is 1.00 bits per heavy atom. The van der Waals surface area contributed by atoms with Gasteiger partial charge in [-0.2, -0.15) is 0 Å². The smallest absolute Gasteiger partial charge is 0.329 e. The van der Waals surface area contributed by atoms with Crippen molar-refractivity contribution in [3.63, 3.8) is 0 Å². The van der Waals surface area contributed by atoms with E-state index in [4.69, 9.17) is 4.74 Å². The molecule has 1 aromatic rings. The monoisotopic (exact) mass is 475 g/mol. The second-order valence-corrected chi connectivity index (χ2v) is 9.68. The third kappa shape index (κ3) is 6.33. The Morgan fingerprint density at radius 3 is 2.41 bits per heavy atom. The zero-order valence-corrected chi connectivity index (χ0v) is 20.6. The average molecular weight is 476 g/mol. The maximum Gasteiger partial charge on any atom is 0.329 e. The van der Waals surface area contributed by atoms with Crippen molar-refractivity contribution in [1.29, 1.82) is 0 Å². The fourth-order valence-corrected chi connectivity index (χ4v) is 4.71. The molecule has 0 radical (unpaired) electrons. The molecule has 2 aliphatic rings.